The maximum Gasteiger partial charge on any atom is 0.0564 e. The van der Waals surface area contributed by atoms with Crippen LogP contribution in [0.1, 0.15) is 19.3 Å². The molecule has 1 aliphatic rings. The number of benzene rings is 1. The minimum atomic E-state index is -0.903. The minimum absolute atomic E-state index is 0.515. The molecule has 0 N–H and O–H groups in total. The molecule has 22 heavy (non-hydrogen) atoms. The Morgan fingerprint density at radius 3 is 2.82 bits per heavy atom. The molecule has 0 bridgehead atoms. The number of rotatable bonds is 6. The predicted molar refractivity (Wildman–Crippen MR) is 89.2 cm³/mol. The van der Waals surface area contributed by atoms with Crippen LogP contribution in [0.4, 0.5) is 0 Å². The molecule has 2 unspecified atom stereocenters. The molecule has 3 rings (SSSR count). The van der Waals surface area contributed by atoms with Crippen molar-refractivity contribution in [3.05, 3.63) is 48.8 Å². The first kappa shape index (κ1) is 15.4. The maximum atomic E-state index is 12.4. The molecule has 0 spiro atoms. The Bertz CT molecular complexity index is 585. The summed E-state index contributed by atoms with van der Waals surface area (Å²) in [6.45, 7) is 2.94. The summed E-state index contributed by atoms with van der Waals surface area (Å²) in [4.78, 5) is 3.43. The average molecular weight is 317 g/mol. The summed E-state index contributed by atoms with van der Waals surface area (Å²) < 4.78 is 14.4. The van der Waals surface area contributed by atoms with Gasteiger partial charge < -0.3 is 0 Å². The van der Waals surface area contributed by atoms with E-state index >= 15 is 0 Å². The number of piperidine rings is 1. The minimum Gasteiger partial charge on any atom is -0.298 e. The molecular weight excluding hydrogens is 294 g/mol. The lowest BCUT2D eigenvalue weighted by Gasteiger charge is -2.35. The van der Waals surface area contributed by atoms with Crippen LogP contribution in [0.5, 0.6) is 0 Å². The Morgan fingerprint density at radius 2 is 2.05 bits per heavy atom. The highest BCUT2D eigenvalue weighted by Crippen LogP contribution is 2.18. The lowest BCUT2D eigenvalue weighted by molar-refractivity contribution is 0.138. The molecular formula is C17H23N3OS. The molecule has 1 fully saturated rings. The quantitative estimate of drug-likeness (QED) is 0.822. The Labute approximate surface area is 134 Å². The zero-order chi connectivity index (χ0) is 15.2. The molecule has 1 aromatic heterocycles. The fourth-order valence-corrected chi connectivity index (χ4v) is 4.17. The molecule has 1 aromatic carbocycles. The number of likely N-dealkylation sites (tertiary alicyclic amines) is 1. The Hall–Kier alpha value is -1.46. The van der Waals surface area contributed by atoms with Crippen LogP contribution >= 0.6 is 0 Å². The molecule has 0 amide bonds. The van der Waals surface area contributed by atoms with E-state index in [9.17, 15) is 4.21 Å². The molecule has 0 saturated carbocycles. The van der Waals surface area contributed by atoms with E-state index in [0.29, 0.717) is 11.8 Å². The fraction of sp³-hybridized carbons (Fsp3) is 0.471. The summed E-state index contributed by atoms with van der Waals surface area (Å²) in [6.07, 6.45) is 7.59. The van der Waals surface area contributed by atoms with Gasteiger partial charge in [-0.3, -0.25) is 13.8 Å². The zero-order valence-corrected chi connectivity index (χ0v) is 13.6. The topological polar surface area (TPSA) is 38.1 Å². The summed E-state index contributed by atoms with van der Waals surface area (Å²) in [5, 5.41) is 4.32. The second-order valence-electron chi connectivity index (χ2n) is 5.78. The van der Waals surface area contributed by atoms with Crippen LogP contribution in [-0.4, -0.2) is 43.8 Å². The van der Waals surface area contributed by atoms with Gasteiger partial charge in [0.15, 0.2) is 0 Å². The molecule has 0 radical (unpaired) electrons. The SMILES string of the molecule is O=S(CCN1CCCCC1Cn1cccn1)c1ccccc1. The largest absolute Gasteiger partial charge is 0.298 e. The highest BCUT2D eigenvalue weighted by atomic mass is 32.2. The van der Waals surface area contributed by atoms with E-state index in [-0.39, 0.29) is 0 Å². The van der Waals surface area contributed by atoms with Crippen LogP contribution in [-0.2, 0) is 17.3 Å². The van der Waals surface area contributed by atoms with Crippen molar-refractivity contribution in [1.29, 1.82) is 0 Å². The van der Waals surface area contributed by atoms with Crippen molar-refractivity contribution in [2.24, 2.45) is 0 Å². The molecule has 0 aliphatic carbocycles. The summed E-state index contributed by atoms with van der Waals surface area (Å²) in [7, 11) is -0.903. The van der Waals surface area contributed by atoms with Gasteiger partial charge >= 0.3 is 0 Å². The number of hydrogen-bond acceptors (Lipinski definition) is 3. The second-order valence-corrected chi connectivity index (χ2v) is 7.35. The fourth-order valence-electron chi connectivity index (χ4n) is 3.08. The summed E-state index contributed by atoms with van der Waals surface area (Å²) in [5.41, 5.74) is 0. The van der Waals surface area contributed by atoms with Crippen molar-refractivity contribution in [3.8, 4) is 0 Å². The van der Waals surface area contributed by atoms with Crippen molar-refractivity contribution in [2.45, 2.75) is 36.7 Å². The third-order valence-electron chi connectivity index (χ3n) is 4.28. The van der Waals surface area contributed by atoms with Gasteiger partial charge in [-0.25, -0.2) is 0 Å². The highest BCUT2D eigenvalue weighted by Gasteiger charge is 2.23. The van der Waals surface area contributed by atoms with E-state index in [1.54, 1.807) is 0 Å². The van der Waals surface area contributed by atoms with E-state index in [4.69, 9.17) is 0 Å². The van der Waals surface area contributed by atoms with Gasteiger partial charge in [-0.05, 0) is 37.6 Å². The molecule has 5 heteroatoms. The van der Waals surface area contributed by atoms with Crippen molar-refractivity contribution >= 4 is 10.8 Å². The van der Waals surface area contributed by atoms with Gasteiger partial charge in [0.05, 0.1) is 17.3 Å². The number of nitrogens with zero attached hydrogens (tertiary/aromatic N) is 3. The van der Waals surface area contributed by atoms with Crippen molar-refractivity contribution in [2.75, 3.05) is 18.8 Å². The van der Waals surface area contributed by atoms with E-state index in [1.807, 2.05) is 53.5 Å². The third kappa shape index (κ3) is 4.05. The van der Waals surface area contributed by atoms with Crippen LogP contribution in [0.15, 0.2) is 53.7 Å². The van der Waals surface area contributed by atoms with E-state index in [0.717, 1.165) is 24.5 Å². The van der Waals surface area contributed by atoms with Crippen molar-refractivity contribution in [3.63, 3.8) is 0 Å². The van der Waals surface area contributed by atoms with Gasteiger partial charge in [-0.15, -0.1) is 0 Å². The number of aromatic nitrogens is 2. The predicted octanol–water partition coefficient (Wildman–Crippen LogP) is 2.55. The van der Waals surface area contributed by atoms with Crippen LogP contribution < -0.4 is 0 Å². The first-order valence-electron chi connectivity index (χ1n) is 7.98. The van der Waals surface area contributed by atoms with Crippen molar-refractivity contribution < 1.29 is 4.21 Å². The molecule has 2 atom stereocenters. The van der Waals surface area contributed by atoms with Gasteiger partial charge in [-0.1, -0.05) is 24.6 Å². The highest BCUT2D eigenvalue weighted by molar-refractivity contribution is 7.85. The van der Waals surface area contributed by atoms with E-state index < -0.39 is 10.8 Å². The third-order valence-corrected chi connectivity index (χ3v) is 5.63. The van der Waals surface area contributed by atoms with Gasteiger partial charge in [-0.2, -0.15) is 5.10 Å². The van der Waals surface area contributed by atoms with Gasteiger partial charge in [0, 0.05) is 35.6 Å². The Morgan fingerprint density at radius 1 is 1.18 bits per heavy atom. The molecule has 118 valence electrons. The van der Waals surface area contributed by atoms with Crippen LogP contribution in [0.3, 0.4) is 0 Å². The molecule has 4 nitrogen and oxygen atoms in total. The normalized spacial score (nSPS) is 20.8. The van der Waals surface area contributed by atoms with Gasteiger partial charge in [0.2, 0.25) is 0 Å². The lowest BCUT2D eigenvalue weighted by Crippen LogP contribution is -2.44. The van der Waals surface area contributed by atoms with Gasteiger partial charge in [0.1, 0.15) is 0 Å². The maximum absolute atomic E-state index is 12.4. The smallest absolute Gasteiger partial charge is 0.0564 e. The summed E-state index contributed by atoms with van der Waals surface area (Å²) in [6, 6.07) is 12.3. The molecule has 2 heterocycles. The van der Waals surface area contributed by atoms with Gasteiger partial charge in [0.25, 0.3) is 0 Å². The van der Waals surface area contributed by atoms with Crippen LogP contribution in [0.2, 0.25) is 0 Å². The Balaban J connectivity index is 1.56. The van der Waals surface area contributed by atoms with E-state index in [2.05, 4.69) is 10.00 Å². The Kier molecular flexibility index (Phi) is 5.40. The second kappa shape index (κ2) is 7.70. The van der Waals surface area contributed by atoms with Crippen LogP contribution in [0, 0.1) is 0 Å². The van der Waals surface area contributed by atoms with E-state index in [1.165, 1.54) is 19.3 Å². The first-order chi connectivity index (χ1) is 10.8. The van der Waals surface area contributed by atoms with Crippen molar-refractivity contribution in [1.82, 2.24) is 14.7 Å². The van der Waals surface area contributed by atoms with Crippen LogP contribution in [0.25, 0.3) is 0 Å². The molecule has 2 aromatic rings. The molecule has 1 aliphatic heterocycles. The average Bonchev–Trinajstić information content (AvgIpc) is 3.07. The number of hydrogen-bond donors (Lipinski definition) is 0. The summed E-state index contributed by atoms with van der Waals surface area (Å²) >= 11 is 0. The molecule has 1 saturated heterocycles. The monoisotopic (exact) mass is 317 g/mol. The summed E-state index contributed by atoms with van der Waals surface area (Å²) in [5.74, 6) is 0.708. The zero-order valence-electron chi connectivity index (χ0n) is 12.8. The standard InChI is InChI=1S/C17H23N3OS/c21-22(17-8-2-1-3-9-17)14-13-19-11-5-4-7-16(19)15-20-12-6-10-18-20/h1-3,6,8-10,12,16H,4-5,7,11,13-15H2. The lowest BCUT2D eigenvalue weighted by atomic mass is 10.0. The first-order valence-corrected chi connectivity index (χ1v) is 9.30.